The molecule has 1 fully saturated rings. The highest BCUT2D eigenvalue weighted by atomic mass is 16.5. The SMILES string of the molecule is COc1ccc2cc(COC(=O)C3CCCCN3C(=O)c3ccco3)ccc2c1. The van der Waals surface area contributed by atoms with Gasteiger partial charge < -0.3 is 18.8 Å². The number of hydrogen-bond donors (Lipinski definition) is 0. The van der Waals surface area contributed by atoms with Gasteiger partial charge in [0.1, 0.15) is 18.4 Å². The monoisotopic (exact) mass is 393 g/mol. The number of methoxy groups -OCH3 is 1. The van der Waals surface area contributed by atoms with Crippen molar-refractivity contribution in [3.63, 3.8) is 0 Å². The number of carbonyl (C=O) groups excluding carboxylic acids is 2. The van der Waals surface area contributed by atoms with E-state index in [0.29, 0.717) is 13.0 Å². The molecule has 4 rings (SSSR count). The largest absolute Gasteiger partial charge is 0.497 e. The normalized spacial score (nSPS) is 16.6. The predicted molar refractivity (Wildman–Crippen MR) is 108 cm³/mol. The van der Waals surface area contributed by atoms with Crippen LogP contribution in [0.3, 0.4) is 0 Å². The van der Waals surface area contributed by atoms with Crippen LogP contribution < -0.4 is 4.74 Å². The molecule has 1 saturated heterocycles. The van der Waals surface area contributed by atoms with Gasteiger partial charge in [-0.15, -0.1) is 0 Å². The van der Waals surface area contributed by atoms with Crippen molar-refractivity contribution < 1.29 is 23.5 Å². The summed E-state index contributed by atoms with van der Waals surface area (Å²) in [5.74, 6) is 0.403. The average molecular weight is 393 g/mol. The van der Waals surface area contributed by atoms with Crippen molar-refractivity contribution in [2.75, 3.05) is 13.7 Å². The number of amides is 1. The second kappa shape index (κ2) is 8.39. The van der Waals surface area contributed by atoms with Crippen LogP contribution >= 0.6 is 0 Å². The van der Waals surface area contributed by atoms with Crippen LogP contribution in [0.5, 0.6) is 5.75 Å². The molecule has 1 aromatic heterocycles. The third-order valence-electron chi connectivity index (χ3n) is 5.26. The lowest BCUT2D eigenvalue weighted by molar-refractivity contribution is -0.151. The first-order valence-electron chi connectivity index (χ1n) is 9.73. The van der Waals surface area contributed by atoms with E-state index in [2.05, 4.69) is 0 Å². The lowest BCUT2D eigenvalue weighted by Crippen LogP contribution is -2.48. The van der Waals surface area contributed by atoms with Crippen molar-refractivity contribution in [3.05, 3.63) is 66.1 Å². The van der Waals surface area contributed by atoms with Gasteiger partial charge in [-0.1, -0.05) is 18.2 Å². The van der Waals surface area contributed by atoms with E-state index in [-0.39, 0.29) is 24.2 Å². The quantitative estimate of drug-likeness (QED) is 0.608. The molecular weight excluding hydrogens is 370 g/mol. The van der Waals surface area contributed by atoms with E-state index in [1.165, 1.54) is 6.26 Å². The highest BCUT2D eigenvalue weighted by molar-refractivity contribution is 5.94. The van der Waals surface area contributed by atoms with Gasteiger partial charge in [0.15, 0.2) is 5.76 Å². The topological polar surface area (TPSA) is 69.0 Å². The highest BCUT2D eigenvalue weighted by Gasteiger charge is 2.34. The Kier molecular flexibility index (Phi) is 5.51. The molecule has 0 bridgehead atoms. The molecule has 6 heteroatoms. The van der Waals surface area contributed by atoms with Crippen LogP contribution in [-0.4, -0.2) is 36.5 Å². The zero-order valence-corrected chi connectivity index (χ0v) is 16.3. The smallest absolute Gasteiger partial charge is 0.329 e. The Morgan fingerprint density at radius 2 is 1.93 bits per heavy atom. The van der Waals surface area contributed by atoms with E-state index < -0.39 is 6.04 Å². The summed E-state index contributed by atoms with van der Waals surface area (Å²) in [7, 11) is 1.64. The van der Waals surface area contributed by atoms with E-state index in [9.17, 15) is 9.59 Å². The molecule has 0 spiro atoms. The zero-order valence-electron chi connectivity index (χ0n) is 16.3. The van der Waals surface area contributed by atoms with Crippen LogP contribution in [0.25, 0.3) is 10.8 Å². The fourth-order valence-electron chi connectivity index (χ4n) is 3.70. The molecule has 1 unspecified atom stereocenters. The summed E-state index contributed by atoms with van der Waals surface area (Å²) < 4.78 is 16.0. The Balaban J connectivity index is 1.44. The molecule has 1 amide bonds. The maximum atomic E-state index is 12.7. The first-order valence-corrected chi connectivity index (χ1v) is 9.73. The molecule has 0 saturated carbocycles. The molecule has 0 N–H and O–H groups in total. The highest BCUT2D eigenvalue weighted by Crippen LogP contribution is 2.24. The molecule has 150 valence electrons. The molecule has 6 nitrogen and oxygen atoms in total. The van der Waals surface area contributed by atoms with Crippen molar-refractivity contribution in [1.82, 2.24) is 4.90 Å². The van der Waals surface area contributed by atoms with Gasteiger partial charge >= 0.3 is 5.97 Å². The Labute approximate surface area is 169 Å². The van der Waals surface area contributed by atoms with Gasteiger partial charge in [0.25, 0.3) is 5.91 Å². The molecule has 3 aromatic rings. The number of benzene rings is 2. The number of piperidine rings is 1. The third-order valence-corrected chi connectivity index (χ3v) is 5.26. The molecule has 1 aliphatic rings. The number of likely N-dealkylation sites (tertiary alicyclic amines) is 1. The minimum atomic E-state index is -0.578. The van der Waals surface area contributed by atoms with Crippen LogP contribution in [0, 0.1) is 0 Å². The maximum Gasteiger partial charge on any atom is 0.329 e. The van der Waals surface area contributed by atoms with Crippen LogP contribution in [0.4, 0.5) is 0 Å². The fourth-order valence-corrected chi connectivity index (χ4v) is 3.70. The number of esters is 1. The Bertz CT molecular complexity index is 1010. The van der Waals surface area contributed by atoms with Crippen molar-refractivity contribution in [3.8, 4) is 5.75 Å². The minimum Gasteiger partial charge on any atom is -0.497 e. The first-order chi connectivity index (χ1) is 14.2. The first kappa shape index (κ1) is 19.1. The van der Waals surface area contributed by atoms with E-state index in [1.807, 2.05) is 36.4 Å². The van der Waals surface area contributed by atoms with Crippen molar-refractivity contribution in [2.24, 2.45) is 0 Å². The lowest BCUT2D eigenvalue weighted by Gasteiger charge is -2.33. The summed E-state index contributed by atoms with van der Waals surface area (Å²) in [5.41, 5.74) is 0.899. The average Bonchev–Trinajstić information content (AvgIpc) is 3.31. The van der Waals surface area contributed by atoms with Gasteiger partial charge in [-0.2, -0.15) is 0 Å². The number of furan rings is 1. The van der Waals surface area contributed by atoms with Gasteiger partial charge in [-0.3, -0.25) is 4.79 Å². The summed E-state index contributed by atoms with van der Waals surface area (Å²) in [4.78, 5) is 27.0. The van der Waals surface area contributed by atoms with Crippen molar-refractivity contribution in [2.45, 2.75) is 31.9 Å². The summed E-state index contributed by atoms with van der Waals surface area (Å²) in [6.07, 6.45) is 3.81. The Morgan fingerprint density at radius 1 is 1.10 bits per heavy atom. The molecule has 0 radical (unpaired) electrons. The zero-order chi connectivity index (χ0) is 20.2. The molecule has 2 aromatic carbocycles. The Hall–Kier alpha value is -3.28. The molecule has 2 heterocycles. The molecule has 1 atom stereocenters. The van der Waals surface area contributed by atoms with Crippen molar-refractivity contribution >= 4 is 22.6 Å². The third kappa shape index (κ3) is 4.11. The summed E-state index contributed by atoms with van der Waals surface area (Å²) in [5, 5.41) is 2.11. The van der Waals surface area contributed by atoms with Crippen LogP contribution in [0.15, 0.2) is 59.2 Å². The van der Waals surface area contributed by atoms with Gasteiger partial charge in [0.2, 0.25) is 0 Å². The van der Waals surface area contributed by atoms with E-state index in [0.717, 1.165) is 34.9 Å². The molecule has 29 heavy (non-hydrogen) atoms. The van der Waals surface area contributed by atoms with E-state index in [4.69, 9.17) is 13.9 Å². The maximum absolute atomic E-state index is 12.7. The van der Waals surface area contributed by atoms with Gasteiger partial charge in [-0.25, -0.2) is 4.79 Å². The number of carbonyl (C=O) groups is 2. The number of fused-ring (bicyclic) bond motifs is 1. The number of hydrogen-bond acceptors (Lipinski definition) is 5. The molecule has 1 aliphatic heterocycles. The molecule has 0 aliphatic carbocycles. The number of rotatable bonds is 5. The minimum absolute atomic E-state index is 0.167. The number of ether oxygens (including phenoxy) is 2. The van der Waals surface area contributed by atoms with Gasteiger partial charge in [0.05, 0.1) is 13.4 Å². The Morgan fingerprint density at radius 3 is 2.72 bits per heavy atom. The second-order valence-corrected chi connectivity index (χ2v) is 7.14. The summed E-state index contributed by atoms with van der Waals surface area (Å²) in [6, 6.07) is 14.5. The van der Waals surface area contributed by atoms with E-state index in [1.54, 1.807) is 24.1 Å². The van der Waals surface area contributed by atoms with Crippen LogP contribution in [0.2, 0.25) is 0 Å². The summed E-state index contributed by atoms with van der Waals surface area (Å²) >= 11 is 0. The molecular formula is C23H23NO5. The van der Waals surface area contributed by atoms with Crippen molar-refractivity contribution in [1.29, 1.82) is 0 Å². The predicted octanol–water partition coefficient (Wildman–Crippen LogP) is 4.18. The standard InChI is InChI=1S/C23H23NO5/c1-27-19-10-9-17-13-16(7-8-18(17)14-19)15-29-23(26)20-5-2-3-11-24(20)22(25)21-6-4-12-28-21/h4,6-10,12-14,20H,2-3,5,11,15H2,1H3. The second-order valence-electron chi connectivity index (χ2n) is 7.14. The fraction of sp³-hybridized carbons (Fsp3) is 0.304. The number of nitrogens with zero attached hydrogens (tertiary/aromatic N) is 1. The van der Waals surface area contributed by atoms with Gasteiger partial charge in [-0.05, 0) is 65.9 Å². The van der Waals surface area contributed by atoms with Crippen LogP contribution in [0.1, 0.15) is 35.4 Å². The lowest BCUT2D eigenvalue weighted by atomic mass is 10.0. The van der Waals surface area contributed by atoms with E-state index >= 15 is 0 Å². The van der Waals surface area contributed by atoms with Gasteiger partial charge in [0, 0.05) is 6.54 Å². The van der Waals surface area contributed by atoms with Crippen LogP contribution in [-0.2, 0) is 16.1 Å². The summed E-state index contributed by atoms with van der Waals surface area (Å²) in [6.45, 7) is 0.692.